The molecule has 0 spiro atoms. The molecule has 0 atom stereocenters. The molecule has 1 aromatic heterocycles. The van der Waals surface area contributed by atoms with Crippen LogP contribution in [0.5, 0.6) is 5.75 Å². The molecule has 0 saturated heterocycles. The Morgan fingerprint density at radius 3 is 3.05 bits per heavy atom. The molecule has 0 radical (unpaired) electrons. The Hall–Kier alpha value is -1.75. The summed E-state index contributed by atoms with van der Waals surface area (Å²) in [6, 6.07) is 5.61. The van der Waals surface area contributed by atoms with Crippen LogP contribution in [0.3, 0.4) is 0 Å². The second-order valence-corrected chi connectivity index (χ2v) is 5.50. The maximum Gasteiger partial charge on any atom is 0.204 e. The third kappa shape index (κ3) is 2.38. The highest BCUT2D eigenvalue weighted by atomic mass is 79.9. The van der Waals surface area contributed by atoms with E-state index in [9.17, 15) is 4.79 Å². The van der Waals surface area contributed by atoms with E-state index in [4.69, 9.17) is 10.5 Å². The molecule has 0 saturated carbocycles. The average molecular weight is 321 g/mol. The molecule has 1 aliphatic heterocycles. The van der Waals surface area contributed by atoms with Crippen molar-refractivity contribution in [2.45, 2.75) is 13.0 Å². The van der Waals surface area contributed by atoms with Gasteiger partial charge in [-0.3, -0.25) is 4.79 Å². The molecule has 0 bridgehead atoms. The summed E-state index contributed by atoms with van der Waals surface area (Å²) < 4.78 is 8.62. The maximum absolute atomic E-state index is 11.3. The third-order valence-corrected chi connectivity index (χ3v) is 3.64. The predicted octanol–water partition coefficient (Wildman–Crippen LogP) is 2.18. The number of hydrogen-bond donors (Lipinski definition) is 1. The van der Waals surface area contributed by atoms with E-state index in [1.807, 2.05) is 10.6 Å². The highest BCUT2D eigenvalue weighted by Crippen LogP contribution is 2.33. The van der Waals surface area contributed by atoms with Crippen LogP contribution in [0.4, 0.5) is 5.69 Å². The molecule has 0 aliphatic carbocycles. The lowest BCUT2D eigenvalue weighted by molar-refractivity contribution is 0.352. The van der Waals surface area contributed by atoms with Crippen LogP contribution in [0.2, 0.25) is 0 Å². The summed E-state index contributed by atoms with van der Waals surface area (Å²) in [6.07, 6.45) is 4.33. The van der Waals surface area contributed by atoms with Gasteiger partial charge >= 0.3 is 0 Å². The van der Waals surface area contributed by atoms with Crippen LogP contribution < -0.4 is 15.9 Å². The minimum absolute atomic E-state index is 0.146. The summed E-state index contributed by atoms with van der Waals surface area (Å²) in [5.74, 6) is 0.959. The number of halogens is 1. The standard InChI is InChI=1S/C14H13BrN2O2/c15-11-5-9-2-4-19-14(9)10(6-11)7-17-3-1-13(18)12(16)8-17/h1,3,5-6,8H,2,4,7,16H2. The molecule has 1 aliphatic rings. The monoisotopic (exact) mass is 320 g/mol. The Bertz CT molecular complexity index is 694. The van der Waals surface area contributed by atoms with E-state index >= 15 is 0 Å². The lowest BCUT2D eigenvalue weighted by Crippen LogP contribution is -2.11. The van der Waals surface area contributed by atoms with E-state index in [0.29, 0.717) is 6.54 Å². The van der Waals surface area contributed by atoms with E-state index in [2.05, 4.69) is 22.0 Å². The van der Waals surface area contributed by atoms with Crippen LogP contribution in [0.25, 0.3) is 0 Å². The van der Waals surface area contributed by atoms with Gasteiger partial charge in [0.05, 0.1) is 18.8 Å². The van der Waals surface area contributed by atoms with Crippen molar-refractivity contribution in [3.63, 3.8) is 0 Å². The van der Waals surface area contributed by atoms with Gasteiger partial charge in [0.25, 0.3) is 0 Å². The Balaban J connectivity index is 1.99. The fourth-order valence-electron chi connectivity index (χ4n) is 2.30. The third-order valence-electron chi connectivity index (χ3n) is 3.19. The second-order valence-electron chi connectivity index (χ2n) is 4.59. The smallest absolute Gasteiger partial charge is 0.204 e. The average Bonchev–Trinajstić information content (AvgIpc) is 2.82. The van der Waals surface area contributed by atoms with Crippen molar-refractivity contribution in [1.82, 2.24) is 4.57 Å². The Labute approximate surface area is 118 Å². The molecule has 5 heteroatoms. The molecule has 3 rings (SSSR count). The van der Waals surface area contributed by atoms with Crippen LogP contribution in [-0.4, -0.2) is 11.2 Å². The van der Waals surface area contributed by atoms with Crippen molar-refractivity contribution in [1.29, 1.82) is 0 Å². The van der Waals surface area contributed by atoms with Gasteiger partial charge in [-0.1, -0.05) is 15.9 Å². The summed E-state index contributed by atoms with van der Waals surface area (Å²) in [5, 5.41) is 0. The molecule has 1 aromatic carbocycles. The number of nitrogens with zero attached hydrogens (tertiary/aromatic N) is 1. The number of pyridine rings is 1. The van der Waals surface area contributed by atoms with Gasteiger partial charge in [-0.25, -0.2) is 0 Å². The van der Waals surface area contributed by atoms with Gasteiger partial charge in [-0.05, 0) is 17.7 Å². The maximum atomic E-state index is 11.3. The summed E-state index contributed by atoms with van der Waals surface area (Å²) >= 11 is 3.52. The first-order valence-electron chi connectivity index (χ1n) is 6.03. The van der Waals surface area contributed by atoms with Gasteiger partial charge in [0.2, 0.25) is 5.43 Å². The number of anilines is 1. The Kier molecular flexibility index (Phi) is 3.06. The van der Waals surface area contributed by atoms with Gasteiger partial charge in [0.15, 0.2) is 0 Å². The number of benzene rings is 1. The highest BCUT2D eigenvalue weighted by Gasteiger charge is 2.17. The topological polar surface area (TPSA) is 57.2 Å². The van der Waals surface area contributed by atoms with E-state index in [0.717, 1.165) is 28.8 Å². The first kappa shape index (κ1) is 12.3. The first-order chi connectivity index (χ1) is 9.13. The summed E-state index contributed by atoms with van der Waals surface area (Å²) in [6.45, 7) is 1.36. The Morgan fingerprint density at radius 1 is 1.42 bits per heavy atom. The fourth-order valence-corrected chi connectivity index (χ4v) is 2.86. The van der Waals surface area contributed by atoms with Gasteiger partial charge in [0.1, 0.15) is 5.75 Å². The van der Waals surface area contributed by atoms with Crippen molar-refractivity contribution in [3.05, 3.63) is 56.4 Å². The normalized spacial score (nSPS) is 13.1. The molecule has 2 heterocycles. The van der Waals surface area contributed by atoms with E-state index in [1.165, 1.54) is 11.6 Å². The van der Waals surface area contributed by atoms with Crippen molar-refractivity contribution in [2.24, 2.45) is 0 Å². The quantitative estimate of drug-likeness (QED) is 0.922. The molecule has 0 unspecified atom stereocenters. The second kappa shape index (κ2) is 4.74. The number of aromatic nitrogens is 1. The number of nitrogens with two attached hydrogens (primary N) is 1. The lowest BCUT2D eigenvalue weighted by atomic mass is 10.1. The highest BCUT2D eigenvalue weighted by molar-refractivity contribution is 9.10. The van der Waals surface area contributed by atoms with Crippen LogP contribution in [0.1, 0.15) is 11.1 Å². The molecule has 4 nitrogen and oxygen atoms in total. The van der Waals surface area contributed by atoms with E-state index < -0.39 is 0 Å². The zero-order valence-electron chi connectivity index (χ0n) is 10.2. The summed E-state index contributed by atoms with van der Waals surface area (Å²) in [5.41, 5.74) is 8.06. The number of nitrogen functional groups attached to an aromatic ring is 1. The molecule has 2 N–H and O–H groups in total. The van der Waals surface area contributed by atoms with Crippen molar-refractivity contribution >= 4 is 21.6 Å². The number of fused-ring (bicyclic) bond motifs is 1. The zero-order chi connectivity index (χ0) is 13.4. The summed E-state index contributed by atoms with van der Waals surface area (Å²) in [7, 11) is 0. The van der Waals surface area contributed by atoms with Crippen LogP contribution in [0, 0.1) is 0 Å². The number of hydrogen-bond acceptors (Lipinski definition) is 3. The van der Waals surface area contributed by atoms with Gasteiger partial charge in [0, 0.05) is 34.9 Å². The molecular weight excluding hydrogens is 308 g/mol. The van der Waals surface area contributed by atoms with Crippen molar-refractivity contribution in [2.75, 3.05) is 12.3 Å². The molecule has 19 heavy (non-hydrogen) atoms. The van der Waals surface area contributed by atoms with Gasteiger partial charge in [-0.2, -0.15) is 0 Å². The van der Waals surface area contributed by atoms with Crippen LogP contribution in [0.15, 0.2) is 39.9 Å². The minimum Gasteiger partial charge on any atom is -0.493 e. The van der Waals surface area contributed by atoms with Gasteiger partial charge in [-0.15, -0.1) is 0 Å². The number of rotatable bonds is 2. The Morgan fingerprint density at radius 2 is 2.26 bits per heavy atom. The van der Waals surface area contributed by atoms with Crippen LogP contribution >= 0.6 is 15.9 Å². The SMILES string of the molecule is Nc1cn(Cc2cc(Br)cc3c2OCC3)ccc1=O. The first-order valence-corrected chi connectivity index (χ1v) is 6.82. The molecule has 98 valence electrons. The minimum atomic E-state index is -0.146. The number of ether oxygens (including phenoxy) is 1. The zero-order valence-corrected chi connectivity index (χ0v) is 11.8. The largest absolute Gasteiger partial charge is 0.493 e. The molecule has 0 amide bonds. The molecule has 2 aromatic rings. The molecule has 0 fully saturated rings. The summed E-state index contributed by atoms with van der Waals surface area (Å²) in [4.78, 5) is 11.3. The van der Waals surface area contributed by atoms with Crippen LogP contribution in [-0.2, 0) is 13.0 Å². The molecular formula is C14H13BrN2O2. The van der Waals surface area contributed by atoms with Crippen molar-refractivity contribution in [3.8, 4) is 5.75 Å². The fraction of sp³-hybridized carbons (Fsp3) is 0.214. The lowest BCUT2D eigenvalue weighted by Gasteiger charge is -2.11. The van der Waals surface area contributed by atoms with Crippen molar-refractivity contribution < 1.29 is 4.74 Å². The van der Waals surface area contributed by atoms with E-state index in [-0.39, 0.29) is 11.1 Å². The van der Waals surface area contributed by atoms with Gasteiger partial charge < -0.3 is 15.0 Å². The predicted molar refractivity (Wildman–Crippen MR) is 77.6 cm³/mol. The van der Waals surface area contributed by atoms with E-state index in [1.54, 1.807) is 12.4 Å².